The van der Waals surface area contributed by atoms with Crippen LogP contribution in [0.5, 0.6) is 0 Å². The van der Waals surface area contributed by atoms with Crippen LogP contribution >= 0.6 is 47.2 Å². The number of hydrogen-bond acceptors (Lipinski definition) is 14. The van der Waals surface area contributed by atoms with Crippen LogP contribution in [-0.2, 0) is 46.6 Å². The fourth-order valence-corrected chi connectivity index (χ4v) is 11.3. The van der Waals surface area contributed by atoms with Crippen LogP contribution in [0.2, 0.25) is 61.4 Å². The van der Waals surface area contributed by atoms with Crippen LogP contribution in [-0.4, -0.2) is 169 Å². The Morgan fingerprint density at radius 3 is 1.53 bits per heavy atom. The van der Waals surface area contributed by atoms with Crippen molar-refractivity contribution in [2.75, 3.05) is 52.5 Å². The van der Waals surface area contributed by atoms with Gasteiger partial charge in [0.05, 0.1) is 66.9 Å². The number of amides is 2. The standard InChI is InChI=1S/C17H21N5OSi.C14H18ClN3OSi.C10H14N2O2.C9H15BN2O2.C8H4ClN3.C8H10N2O.C5H6N2.C3H5ClO.ClH/c1-18-15-11-19-17-14(16(15)13-9-20-21-10-13)5-6-22(17)12-23-7-8-24(2,3)4;1-16-12-9-17-14-11(13(12)15)5-6-18(14)10-19-7-8-20(2,3)4;1-10(2,3)14-9(13)12-6-8(7-12)5-11-4;1-8(2)9(3,4)14-10(13-8)7-5-11-12-6-7;1-10-6-4-12-8-5(7(6)9)2-3-11-8;1-3-8(11)10-5-7(6-10)4-9-2;1-6-2-5-3-7-4-5;1-2-3(4)5;/h5-6,9-11H,7-8,12H2,2-4H3,(H,20,21);5-6,9H,7-8,10H2,2-4H3;5H,6-7H2,1-3H3;5-6H,1-4H3,(H,11,12);2-4H,(H,11,12);4H,3,5-6H2,1H3;2,7H,3-4H2;2H2,1H3;1H. The zero-order chi connectivity index (χ0) is 79.3. The van der Waals surface area contributed by atoms with Gasteiger partial charge in [0.1, 0.15) is 36.0 Å². The third-order valence-electron chi connectivity index (χ3n) is 16.2. The van der Waals surface area contributed by atoms with Crippen LogP contribution in [0.1, 0.15) is 75.2 Å². The second kappa shape index (κ2) is 42.9. The molecule has 4 fully saturated rings. The summed E-state index contributed by atoms with van der Waals surface area (Å²) in [7, 11) is -2.45. The molecule has 0 bridgehead atoms. The summed E-state index contributed by atoms with van der Waals surface area (Å²) in [6.07, 6.45) is 22.5. The summed E-state index contributed by atoms with van der Waals surface area (Å²) in [4.78, 5) is 70.5. The molecule has 8 aromatic heterocycles. The molecule has 2 amide bonds. The minimum Gasteiger partial charge on any atom is -0.444 e. The van der Waals surface area contributed by atoms with E-state index in [1.807, 2.05) is 89.1 Å². The van der Waals surface area contributed by atoms with Crippen molar-refractivity contribution >= 4 is 143 Å². The van der Waals surface area contributed by atoms with Gasteiger partial charge in [-0.1, -0.05) is 76.3 Å². The lowest BCUT2D eigenvalue weighted by molar-refractivity contribution is -0.132. The number of likely N-dealkylation sites (tertiary alicyclic amines) is 2. The maximum atomic E-state index is 11.4. The SMILES string of the molecule is CC1(C)OB(c2cn[nH]c2)OC1(C)C.CCC(=O)Cl.Cl.[C-]#[N+]C=C1CN(C(=O)CC)C1.[C-]#[N+]C=C1CN(C(=O)OC(C)(C)C)C1.[C-]#[N+]C=C1CNC1.[C-]#[N+]c1cnc2[nH]ccc2c1Cl.[C-]#[N+]c1cnc2c(ccn2COCC[Si](C)(C)C)c1-c1cn[nH]c1.[C-]#[N+]c1cnc2c(ccn2COCC[Si](C)(C)C)c1Cl. The van der Waals surface area contributed by atoms with Gasteiger partial charge in [0.2, 0.25) is 28.2 Å². The molecule has 0 unspecified atom stereocenters. The van der Waals surface area contributed by atoms with Gasteiger partial charge in [-0.15, -0.1) is 12.4 Å². The topological polar surface area (TPSA) is 264 Å². The van der Waals surface area contributed by atoms with E-state index in [0.29, 0.717) is 85.2 Å². The van der Waals surface area contributed by atoms with Gasteiger partial charge in [0, 0.05) is 170 Å². The number of rotatable bonds is 14. The van der Waals surface area contributed by atoms with Gasteiger partial charge in [0.25, 0.3) is 0 Å². The lowest BCUT2D eigenvalue weighted by Crippen LogP contribution is -2.46. The molecule has 572 valence electrons. The van der Waals surface area contributed by atoms with Gasteiger partial charge in [-0.2, -0.15) is 10.2 Å². The Bertz CT molecular complexity index is 4630. The molecule has 0 saturated carbocycles. The first kappa shape index (κ1) is 90.9. The quantitative estimate of drug-likeness (QED) is 0.0342. The average molecular weight is 1590 g/mol. The number of carbonyl (C=O) groups is 3. The lowest BCUT2D eigenvalue weighted by atomic mass is 9.82. The molecular weight excluding hydrogens is 1490 g/mol. The molecule has 4 N–H and O–H groups in total. The highest BCUT2D eigenvalue weighted by molar-refractivity contribution is 6.76. The van der Waals surface area contributed by atoms with E-state index < -0.39 is 21.7 Å². The third kappa shape index (κ3) is 28.3. The van der Waals surface area contributed by atoms with Crippen molar-refractivity contribution in [3.05, 3.63) is 194 Å². The number of aromatic amines is 3. The van der Waals surface area contributed by atoms with E-state index in [9.17, 15) is 14.4 Å². The maximum Gasteiger partial charge on any atom is 0.498 e. The predicted molar refractivity (Wildman–Crippen MR) is 434 cm³/mol. The number of pyridine rings is 3. The fraction of sp³-hybridized carbons (Fsp3) is 0.432. The summed E-state index contributed by atoms with van der Waals surface area (Å²) >= 11 is 16.9. The van der Waals surface area contributed by atoms with Crippen molar-refractivity contribution in [3.8, 4) is 11.1 Å². The Labute approximate surface area is 656 Å². The second-order valence-electron chi connectivity index (χ2n) is 28.9. The Hall–Kier alpha value is -9.48. The number of H-pyrrole nitrogens is 3. The number of aromatic nitrogens is 10. The number of nitrogens with zero attached hydrogens (tertiary/aromatic N) is 15. The summed E-state index contributed by atoms with van der Waals surface area (Å²) in [6.45, 7) is 78.6. The normalized spacial score (nSPS) is 14.1. The molecule has 0 aliphatic carbocycles. The minimum absolute atomic E-state index is 0. The molecule has 4 saturated heterocycles. The van der Waals surface area contributed by atoms with Crippen molar-refractivity contribution in [3.63, 3.8) is 0 Å². The number of ether oxygens (including phenoxy) is 3. The molecule has 12 heterocycles. The van der Waals surface area contributed by atoms with Gasteiger partial charge in [-0.3, -0.25) is 24.8 Å². The Kier molecular flexibility index (Phi) is 36.1. The fourth-order valence-electron chi connectivity index (χ4n) is 9.32. The van der Waals surface area contributed by atoms with Crippen molar-refractivity contribution < 1.29 is 37.9 Å². The minimum atomic E-state index is -1.08. The van der Waals surface area contributed by atoms with E-state index in [1.165, 1.54) is 30.4 Å². The molecule has 0 spiro atoms. The first-order chi connectivity index (χ1) is 50.6. The predicted octanol–water partition coefficient (Wildman–Crippen LogP) is 17.4. The molecule has 0 radical (unpaired) electrons. The van der Waals surface area contributed by atoms with Gasteiger partial charge in [0.15, 0.2) is 18.6 Å². The second-order valence-corrected chi connectivity index (χ2v) is 41.3. The highest BCUT2D eigenvalue weighted by atomic mass is 35.5. The van der Waals surface area contributed by atoms with Crippen LogP contribution in [0.3, 0.4) is 0 Å². The molecule has 0 atom stereocenters. The van der Waals surface area contributed by atoms with Crippen LogP contribution in [0.25, 0.3) is 73.3 Å². The Morgan fingerprint density at radius 2 is 1.10 bits per heavy atom. The van der Waals surface area contributed by atoms with Crippen LogP contribution in [0.15, 0.2) is 115 Å². The van der Waals surface area contributed by atoms with Crippen molar-refractivity contribution in [2.24, 2.45) is 0 Å². The smallest absolute Gasteiger partial charge is 0.444 e. The van der Waals surface area contributed by atoms with Crippen molar-refractivity contribution in [2.45, 2.75) is 157 Å². The maximum absolute atomic E-state index is 11.4. The van der Waals surface area contributed by atoms with E-state index in [-0.39, 0.29) is 48.0 Å². The van der Waals surface area contributed by atoms with E-state index in [1.54, 1.807) is 66.2 Å². The summed E-state index contributed by atoms with van der Waals surface area (Å²) in [5.41, 5.74) is 8.54. The van der Waals surface area contributed by atoms with E-state index in [4.69, 9.17) is 97.8 Å². The summed E-state index contributed by atoms with van der Waals surface area (Å²) < 4.78 is 32.2. The third-order valence-corrected chi connectivity index (χ3v) is 20.7. The van der Waals surface area contributed by atoms with E-state index in [2.05, 4.69) is 114 Å². The van der Waals surface area contributed by atoms with Crippen LogP contribution < -0.4 is 10.8 Å². The van der Waals surface area contributed by atoms with Crippen LogP contribution in [0.4, 0.5) is 21.9 Å². The highest BCUT2D eigenvalue weighted by Gasteiger charge is 2.52. The van der Waals surface area contributed by atoms with Crippen LogP contribution in [0, 0.1) is 39.4 Å². The largest absolute Gasteiger partial charge is 0.498 e. The molecule has 12 rings (SSSR count). The zero-order valence-corrected chi connectivity index (χ0v) is 68.8. The molecule has 0 aromatic carbocycles. The van der Waals surface area contributed by atoms with Crippen molar-refractivity contribution in [1.82, 2.24) is 64.6 Å². The summed E-state index contributed by atoms with van der Waals surface area (Å²) in [5, 5.41) is 19.7. The highest BCUT2D eigenvalue weighted by Crippen LogP contribution is 2.38. The lowest BCUT2D eigenvalue weighted by Gasteiger charge is -2.35. The monoisotopic (exact) mass is 1580 g/mol. The number of nitrogens with one attached hydrogen (secondary N) is 4. The van der Waals surface area contributed by atoms with Gasteiger partial charge in [-0.05, 0) is 107 Å². The van der Waals surface area contributed by atoms with E-state index >= 15 is 0 Å². The number of carbonyl (C=O) groups excluding carboxylic acids is 3. The van der Waals surface area contributed by atoms with Gasteiger partial charge in [-0.25, -0.2) is 43.8 Å². The zero-order valence-electron chi connectivity index (χ0n) is 63.7. The Morgan fingerprint density at radius 1 is 0.639 bits per heavy atom. The molecule has 4 aliphatic heterocycles. The molecule has 108 heavy (non-hydrogen) atoms. The number of hydrogen-bond donors (Lipinski definition) is 4. The number of fused-ring (bicyclic) bond motifs is 3. The molecular formula is C74H94BCl4N19O8Si2. The number of halogens is 4. The average Bonchev–Trinajstić information content (AvgIpc) is 1.65. The van der Waals surface area contributed by atoms with Gasteiger partial charge < -0.3 is 52.8 Å². The molecule has 34 heteroatoms. The summed E-state index contributed by atoms with van der Waals surface area (Å²) in [5.74, 6) is 0.173. The van der Waals surface area contributed by atoms with Crippen molar-refractivity contribution in [1.29, 1.82) is 0 Å². The Balaban J connectivity index is 0.000000269. The first-order valence-electron chi connectivity index (χ1n) is 34.2. The first-order valence-corrected chi connectivity index (χ1v) is 42.7. The molecule has 27 nitrogen and oxygen atoms in total. The molecule has 4 aliphatic rings. The van der Waals surface area contributed by atoms with Gasteiger partial charge >= 0.3 is 13.2 Å². The summed E-state index contributed by atoms with van der Waals surface area (Å²) in [6, 6.07) is 7.95. The molecule has 8 aromatic rings. The van der Waals surface area contributed by atoms with E-state index in [0.717, 1.165) is 93.6 Å².